The Morgan fingerprint density at radius 1 is 1.50 bits per heavy atom. The number of nitrogens with zero attached hydrogens (tertiary/aromatic N) is 2. The third kappa shape index (κ3) is 3.23. The number of thioether (sulfide) groups is 1. The number of H-pyrrole nitrogens is 1. The van der Waals surface area contributed by atoms with Crippen LogP contribution < -0.4 is 5.32 Å². The Labute approximate surface area is 126 Å². The minimum atomic E-state index is -0.393. The van der Waals surface area contributed by atoms with Crippen LogP contribution in [0, 0.1) is 10.1 Å². The largest absolute Gasteiger partial charge is 0.333 e. The zero-order valence-electron chi connectivity index (χ0n) is 10.7. The second kappa shape index (κ2) is 6.43. The Bertz CT molecular complexity index is 613. The number of hydrogen-bond donors (Lipinski definition) is 2. The van der Waals surface area contributed by atoms with Crippen LogP contribution in [0.3, 0.4) is 0 Å². The van der Waals surface area contributed by atoms with Crippen molar-refractivity contribution in [3.05, 3.63) is 28.3 Å². The maximum atomic E-state index is 10.7. The number of benzene rings is 1. The summed E-state index contributed by atoms with van der Waals surface area (Å²) in [6, 6.07) is 5.24. The fraction of sp³-hybridized carbons (Fsp3) is 0.417. The first-order valence-corrected chi connectivity index (χ1v) is 7.21. The van der Waals surface area contributed by atoms with E-state index >= 15 is 0 Å². The van der Waals surface area contributed by atoms with Crippen LogP contribution in [-0.4, -0.2) is 33.2 Å². The average Bonchev–Trinajstić information content (AvgIpc) is 3.04. The summed E-state index contributed by atoms with van der Waals surface area (Å²) >= 11 is 1.66. The van der Waals surface area contributed by atoms with Gasteiger partial charge in [-0.25, -0.2) is 4.98 Å². The number of nitro groups is 1. The third-order valence-electron chi connectivity index (χ3n) is 3.24. The topological polar surface area (TPSA) is 83.8 Å². The lowest BCUT2D eigenvalue weighted by Crippen LogP contribution is -2.23. The zero-order valence-corrected chi connectivity index (χ0v) is 12.3. The van der Waals surface area contributed by atoms with E-state index in [1.165, 1.54) is 25.0 Å². The number of halogens is 1. The van der Waals surface area contributed by atoms with Gasteiger partial charge in [-0.15, -0.1) is 12.4 Å². The highest BCUT2D eigenvalue weighted by Gasteiger charge is 2.15. The lowest BCUT2D eigenvalue weighted by molar-refractivity contribution is -0.384. The second-order valence-electron chi connectivity index (χ2n) is 4.60. The quantitative estimate of drug-likeness (QED) is 0.515. The molecule has 1 aliphatic rings. The van der Waals surface area contributed by atoms with Gasteiger partial charge in [0.1, 0.15) is 0 Å². The molecule has 6 nitrogen and oxygen atoms in total. The first-order chi connectivity index (χ1) is 9.22. The molecule has 3 rings (SSSR count). The molecule has 1 atom stereocenters. The molecular formula is C12H15ClN4O2S. The Kier molecular flexibility index (Phi) is 4.85. The van der Waals surface area contributed by atoms with Crippen LogP contribution in [0.5, 0.6) is 0 Å². The van der Waals surface area contributed by atoms with E-state index in [2.05, 4.69) is 15.3 Å². The first-order valence-electron chi connectivity index (χ1n) is 6.23. The van der Waals surface area contributed by atoms with Gasteiger partial charge >= 0.3 is 0 Å². The molecule has 1 aliphatic heterocycles. The lowest BCUT2D eigenvalue weighted by atomic mass is 10.3. The van der Waals surface area contributed by atoms with Gasteiger partial charge in [-0.05, 0) is 25.5 Å². The van der Waals surface area contributed by atoms with E-state index in [0.29, 0.717) is 6.04 Å². The molecular weight excluding hydrogens is 300 g/mol. The van der Waals surface area contributed by atoms with Gasteiger partial charge in [0.2, 0.25) is 0 Å². The number of nitro benzene ring substituents is 1. The van der Waals surface area contributed by atoms with Crippen LogP contribution in [0.4, 0.5) is 5.69 Å². The van der Waals surface area contributed by atoms with Crippen LogP contribution in [0.25, 0.3) is 11.0 Å². The Morgan fingerprint density at radius 2 is 2.35 bits per heavy atom. The number of nitrogens with one attached hydrogen (secondary N) is 2. The molecule has 1 fully saturated rings. The van der Waals surface area contributed by atoms with Crippen molar-refractivity contribution in [1.29, 1.82) is 0 Å². The van der Waals surface area contributed by atoms with E-state index in [1.54, 1.807) is 17.8 Å². The Hall–Kier alpha value is -1.31. The molecule has 0 aliphatic carbocycles. The minimum absolute atomic E-state index is 0. The standard InChI is InChI=1S/C12H14N4O2S.ClH/c17-16(18)9-3-4-10-11(6-9)15-12(14-10)19-7-8-2-1-5-13-8;/h3-4,6,8,13H,1-2,5,7H2,(H,14,15);1H. The number of aromatic nitrogens is 2. The van der Waals surface area contributed by atoms with Crippen molar-refractivity contribution >= 4 is 40.9 Å². The summed E-state index contributed by atoms with van der Waals surface area (Å²) in [5, 5.41) is 15.0. The number of imidazole rings is 1. The van der Waals surface area contributed by atoms with Gasteiger partial charge in [0.25, 0.3) is 5.69 Å². The Morgan fingerprint density at radius 3 is 3.05 bits per heavy atom. The molecule has 0 radical (unpaired) electrons. The summed E-state index contributed by atoms with van der Waals surface area (Å²) < 4.78 is 0. The molecule has 1 unspecified atom stereocenters. The summed E-state index contributed by atoms with van der Waals surface area (Å²) in [6.07, 6.45) is 2.44. The number of fused-ring (bicyclic) bond motifs is 1. The fourth-order valence-corrected chi connectivity index (χ4v) is 3.22. The van der Waals surface area contributed by atoms with Crippen LogP contribution in [0.15, 0.2) is 23.4 Å². The number of aromatic amines is 1. The van der Waals surface area contributed by atoms with Crippen LogP contribution in [0.1, 0.15) is 12.8 Å². The molecule has 1 aromatic carbocycles. The molecule has 2 heterocycles. The maximum absolute atomic E-state index is 10.7. The molecule has 8 heteroatoms. The fourth-order valence-electron chi connectivity index (χ4n) is 2.23. The molecule has 0 amide bonds. The summed E-state index contributed by atoms with van der Waals surface area (Å²) in [5.74, 6) is 0.974. The van der Waals surface area contributed by atoms with Gasteiger partial charge in [-0.2, -0.15) is 0 Å². The summed E-state index contributed by atoms with van der Waals surface area (Å²) in [7, 11) is 0. The predicted molar refractivity (Wildman–Crippen MR) is 81.7 cm³/mol. The molecule has 2 aromatic rings. The molecule has 1 aromatic heterocycles. The van der Waals surface area contributed by atoms with Crippen molar-refractivity contribution in [2.75, 3.05) is 12.3 Å². The van der Waals surface area contributed by atoms with Gasteiger partial charge in [-0.1, -0.05) is 11.8 Å². The molecule has 0 spiro atoms. The van der Waals surface area contributed by atoms with E-state index in [1.807, 2.05) is 0 Å². The van der Waals surface area contributed by atoms with E-state index in [0.717, 1.165) is 28.5 Å². The van der Waals surface area contributed by atoms with Crippen LogP contribution in [0.2, 0.25) is 0 Å². The summed E-state index contributed by atoms with van der Waals surface area (Å²) in [5.41, 5.74) is 1.58. The van der Waals surface area contributed by atoms with Crippen molar-refractivity contribution < 1.29 is 4.92 Å². The van der Waals surface area contributed by atoms with Gasteiger partial charge < -0.3 is 10.3 Å². The number of non-ortho nitro benzene ring substituents is 1. The molecule has 1 saturated heterocycles. The first kappa shape index (κ1) is 15.1. The highest BCUT2D eigenvalue weighted by atomic mass is 35.5. The van der Waals surface area contributed by atoms with Crippen LogP contribution in [-0.2, 0) is 0 Å². The van der Waals surface area contributed by atoms with E-state index < -0.39 is 4.92 Å². The van der Waals surface area contributed by atoms with Gasteiger partial charge in [0, 0.05) is 23.9 Å². The SMILES string of the molecule is Cl.O=[N+]([O-])c1ccc2nc(SCC3CCCN3)[nH]c2c1. The minimum Gasteiger partial charge on any atom is -0.333 e. The highest BCUT2D eigenvalue weighted by molar-refractivity contribution is 7.99. The molecule has 108 valence electrons. The monoisotopic (exact) mass is 314 g/mol. The Balaban J connectivity index is 0.00000147. The average molecular weight is 315 g/mol. The van der Waals surface area contributed by atoms with Crippen molar-refractivity contribution in [1.82, 2.24) is 15.3 Å². The molecule has 20 heavy (non-hydrogen) atoms. The van der Waals surface area contributed by atoms with Crippen molar-refractivity contribution in [2.45, 2.75) is 24.0 Å². The zero-order chi connectivity index (χ0) is 13.2. The maximum Gasteiger partial charge on any atom is 0.271 e. The second-order valence-corrected chi connectivity index (χ2v) is 5.61. The van der Waals surface area contributed by atoms with E-state index in [-0.39, 0.29) is 18.1 Å². The highest BCUT2D eigenvalue weighted by Crippen LogP contribution is 2.24. The lowest BCUT2D eigenvalue weighted by Gasteiger charge is -2.06. The third-order valence-corrected chi connectivity index (χ3v) is 4.27. The smallest absolute Gasteiger partial charge is 0.271 e. The molecule has 2 N–H and O–H groups in total. The van der Waals surface area contributed by atoms with Gasteiger partial charge in [0.15, 0.2) is 5.16 Å². The number of rotatable bonds is 4. The normalized spacial score (nSPS) is 18.1. The molecule has 0 bridgehead atoms. The van der Waals surface area contributed by atoms with Crippen molar-refractivity contribution in [3.63, 3.8) is 0 Å². The van der Waals surface area contributed by atoms with Crippen molar-refractivity contribution in [3.8, 4) is 0 Å². The van der Waals surface area contributed by atoms with E-state index in [4.69, 9.17) is 0 Å². The van der Waals surface area contributed by atoms with Crippen molar-refractivity contribution in [2.24, 2.45) is 0 Å². The summed E-state index contributed by atoms with van der Waals surface area (Å²) in [4.78, 5) is 17.9. The number of hydrogen-bond acceptors (Lipinski definition) is 5. The molecule has 0 saturated carbocycles. The van der Waals surface area contributed by atoms with Crippen LogP contribution >= 0.6 is 24.2 Å². The van der Waals surface area contributed by atoms with E-state index in [9.17, 15) is 10.1 Å². The summed E-state index contributed by atoms with van der Waals surface area (Å²) in [6.45, 7) is 1.09. The predicted octanol–water partition coefficient (Wildman–Crippen LogP) is 2.74. The van der Waals surface area contributed by atoms with Gasteiger partial charge in [-0.3, -0.25) is 10.1 Å². The van der Waals surface area contributed by atoms with Gasteiger partial charge in [0.05, 0.1) is 16.0 Å².